The first-order valence-electron chi connectivity index (χ1n) is 11.5. The molecule has 170 valence electrons. The number of hydrogen-bond donors (Lipinski definition) is 0. The summed E-state index contributed by atoms with van der Waals surface area (Å²) >= 11 is 3.63. The Hall–Kier alpha value is 0.320. The van der Waals surface area contributed by atoms with Crippen LogP contribution in [-0.4, -0.2) is 43.3 Å². The van der Waals surface area contributed by atoms with Gasteiger partial charge in [0.25, 0.3) is 5.97 Å². The zero-order valence-corrected chi connectivity index (χ0v) is 21.1. The minimum Gasteiger partial charge on any atom is -0.380 e. The summed E-state index contributed by atoms with van der Waals surface area (Å²) < 4.78 is 24.1. The van der Waals surface area contributed by atoms with Crippen molar-refractivity contribution in [3.63, 3.8) is 0 Å². The highest BCUT2D eigenvalue weighted by atomic mass is 79.9. The lowest BCUT2D eigenvalue weighted by molar-refractivity contribution is -0.403. The van der Waals surface area contributed by atoms with Crippen LogP contribution in [-0.2, 0) is 18.9 Å². The van der Waals surface area contributed by atoms with Gasteiger partial charge < -0.3 is 18.9 Å². The topological polar surface area (TPSA) is 36.9 Å². The zero-order valence-electron chi connectivity index (χ0n) is 19.5. The predicted octanol–water partition coefficient (Wildman–Crippen LogP) is 7.09. The Morgan fingerprint density at radius 1 is 0.714 bits per heavy atom. The van der Waals surface area contributed by atoms with Crippen molar-refractivity contribution >= 4 is 15.9 Å². The standard InChI is InChI=1S/C23H47BrO4/c1-7-11-12-13-14-15-17-21(18-16-19-25-20-22(5,6)24)23(26-8-2,27-9-3)28-10-4/h21H,7-20H2,1-6H3. The van der Waals surface area contributed by atoms with E-state index in [1.807, 2.05) is 20.8 Å². The van der Waals surface area contributed by atoms with Crippen LogP contribution in [0.5, 0.6) is 0 Å². The van der Waals surface area contributed by atoms with E-state index >= 15 is 0 Å². The third-order valence-electron chi connectivity index (χ3n) is 4.73. The third-order valence-corrected chi connectivity index (χ3v) is 4.96. The summed E-state index contributed by atoms with van der Waals surface area (Å²) in [6.45, 7) is 15.8. The van der Waals surface area contributed by atoms with Crippen LogP contribution in [0, 0.1) is 5.92 Å². The normalized spacial score (nSPS) is 13.8. The molecule has 0 bridgehead atoms. The third kappa shape index (κ3) is 13.5. The molecule has 28 heavy (non-hydrogen) atoms. The highest BCUT2D eigenvalue weighted by Gasteiger charge is 2.41. The second kappa shape index (κ2) is 17.0. The second-order valence-corrected chi connectivity index (χ2v) is 10.2. The molecule has 0 radical (unpaired) electrons. The van der Waals surface area contributed by atoms with E-state index in [0.29, 0.717) is 26.4 Å². The number of halogens is 1. The van der Waals surface area contributed by atoms with Gasteiger partial charge in [0, 0.05) is 36.7 Å². The molecule has 0 aliphatic heterocycles. The molecule has 0 aliphatic carbocycles. The maximum Gasteiger partial charge on any atom is 0.285 e. The molecule has 0 N–H and O–H groups in total. The summed E-state index contributed by atoms with van der Waals surface area (Å²) in [4.78, 5) is 0. The van der Waals surface area contributed by atoms with E-state index in [0.717, 1.165) is 25.9 Å². The molecule has 0 amide bonds. The Bertz CT molecular complexity index is 327. The number of rotatable bonds is 20. The van der Waals surface area contributed by atoms with Gasteiger partial charge in [-0.15, -0.1) is 0 Å². The average Bonchev–Trinajstić information content (AvgIpc) is 2.62. The lowest BCUT2D eigenvalue weighted by atomic mass is 9.93. The molecule has 0 aromatic rings. The Morgan fingerprint density at radius 2 is 1.21 bits per heavy atom. The first-order valence-corrected chi connectivity index (χ1v) is 12.3. The molecule has 1 unspecified atom stereocenters. The van der Waals surface area contributed by atoms with Crippen LogP contribution >= 0.6 is 15.9 Å². The Morgan fingerprint density at radius 3 is 1.71 bits per heavy atom. The molecule has 0 heterocycles. The van der Waals surface area contributed by atoms with Gasteiger partial charge in [-0.2, -0.15) is 0 Å². The first kappa shape index (κ1) is 28.3. The van der Waals surface area contributed by atoms with Gasteiger partial charge in [0.15, 0.2) is 0 Å². The maximum absolute atomic E-state index is 6.09. The number of unbranched alkanes of at least 4 members (excludes halogenated alkanes) is 5. The van der Waals surface area contributed by atoms with Gasteiger partial charge in [-0.1, -0.05) is 61.4 Å². The van der Waals surface area contributed by atoms with Gasteiger partial charge in [0.1, 0.15) is 0 Å². The molecule has 4 nitrogen and oxygen atoms in total. The lowest BCUT2D eigenvalue weighted by Crippen LogP contribution is -2.47. The van der Waals surface area contributed by atoms with E-state index in [1.54, 1.807) is 0 Å². The van der Waals surface area contributed by atoms with Crippen molar-refractivity contribution in [1.29, 1.82) is 0 Å². The van der Waals surface area contributed by atoms with E-state index in [-0.39, 0.29) is 10.2 Å². The van der Waals surface area contributed by atoms with E-state index in [1.165, 1.54) is 38.5 Å². The van der Waals surface area contributed by atoms with Crippen molar-refractivity contribution in [1.82, 2.24) is 0 Å². The Kier molecular flexibility index (Phi) is 17.2. The fraction of sp³-hybridized carbons (Fsp3) is 1.00. The van der Waals surface area contributed by atoms with Gasteiger partial charge >= 0.3 is 0 Å². The van der Waals surface area contributed by atoms with Gasteiger partial charge in [0.2, 0.25) is 0 Å². The second-order valence-electron chi connectivity index (χ2n) is 8.07. The van der Waals surface area contributed by atoms with Crippen LogP contribution in [0.1, 0.15) is 99.3 Å². The smallest absolute Gasteiger partial charge is 0.285 e. The predicted molar refractivity (Wildman–Crippen MR) is 122 cm³/mol. The summed E-state index contributed by atoms with van der Waals surface area (Å²) in [6, 6.07) is 0. The van der Waals surface area contributed by atoms with Gasteiger partial charge in [0.05, 0.1) is 6.61 Å². The quantitative estimate of drug-likeness (QED) is 0.109. The molecule has 0 saturated carbocycles. The van der Waals surface area contributed by atoms with Gasteiger partial charge in [-0.05, 0) is 53.9 Å². The molecular formula is C23H47BrO4. The molecule has 0 aromatic heterocycles. The molecule has 0 aromatic carbocycles. The van der Waals surface area contributed by atoms with Crippen molar-refractivity contribution < 1.29 is 18.9 Å². The zero-order chi connectivity index (χ0) is 21.3. The molecule has 5 heteroatoms. The van der Waals surface area contributed by atoms with Crippen molar-refractivity contribution in [2.75, 3.05) is 33.0 Å². The maximum atomic E-state index is 6.09. The van der Waals surface area contributed by atoms with E-state index < -0.39 is 5.97 Å². The van der Waals surface area contributed by atoms with Crippen molar-refractivity contribution in [3.05, 3.63) is 0 Å². The molecule has 1 atom stereocenters. The summed E-state index contributed by atoms with van der Waals surface area (Å²) in [5.41, 5.74) is 0. The van der Waals surface area contributed by atoms with Crippen molar-refractivity contribution in [2.45, 2.75) is 110 Å². The monoisotopic (exact) mass is 466 g/mol. The molecule has 0 fully saturated rings. The fourth-order valence-electron chi connectivity index (χ4n) is 3.50. The van der Waals surface area contributed by atoms with Crippen LogP contribution in [0.4, 0.5) is 0 Å². The van der Waals surface area contributed by atoms with Crippen LogP contribution < -0.4 is 0 Å². The minimum atomic E-state index is -0.920. The number of alkyl halides is 1. The van der Waals surface area contributed by atoms with Crippen LogP contribution in [0.3, 0.4) is 0 Å². The molecule has 0 aliphatic rings. The summed E-state index contributed by atoms with van der Waals surface area (Å²) in [7, 11) is 0. The van der Waals surface area contributed by atoms with E-state index in [2.05, 4.69) is 36.7 Å². The largest absolute Gasteiger partial charge is 0.380 e. The van der Waals surface area contributed by atoms with Crippen LogP contribution in [0.25, 0.3) is 0 Å². The lowest BCUT2D eigenvalue weighted by Gasteiger charge is -2.39. The number of ether oxygens (including phenoxy) is 4. The number of hydrogen-bond acceptors (Lipinski definition) is 4. The van der Waals surface area contributed by atoms with E-state index in [9.17, 15) is 0 Å². The summed E-state index contributed by atoms with van der Waals surface area (Å²) in [5.74, 6) is -0.699. The van der Waals surface area contributed by atoms with Crippen molar-refractivity contribution in [3.8, 4) is 0 Å². The van der Waals surface area contributed by atoms with Gasteiger partial charge in [-0.25, -0.2) is 0 Å². The highest BCUT2D eigenvalue weighted by molar-refractivity contribution is 9.10. The van der Waals surface area contributed by atoms with Crippen LogP contribution in [0.15, 0.2) is 0 Å². The Labute approximate surface area is 183 Å². The molecule has 0 saturated heterocycles. The Balaban J connectivity index is 4.80. The fourth-order valence-corrected chi connectivity index (χ4v) is 3.66. The van der Waals surface area contributed by atoms with Crippen molar-refractivity contribution in [2.24, 2.45) is 5.92 Å². The first-order chi connectivity index (χ1) is 13.3. The SMILES string of the molecule is CCCCCCCCC(CCCOCC(C)(C)Br)C(OCC)(OCC)OCC. The summed E-state index contributed by atoms with van der Waals surface area (Å²) in [5, 5.41) is 0. The highest BCUT2D eigenvalue weighted by Crippen LogP contribution is 2.34. The summed E-state index contributed by atoms with van der Waals surface area (Å²) in [6.07, 6.45) is 10.8. The minimum absolute atomic E-state index is 0.0244. The van der Waals surface area contributed by atoms with Gasteiger partial charge in [-0.3, -0.25) is 0 Å². The van der Waals surface area contributed by atoms with Crippen LogP contribution in [0.2, 0.25) is 0 Å². The molecule has 0 rings (SSSR count). The molecular weight excluding hydrogens is 420 g/mol. The average molecular weight is 468 g/mol. The van der Waals surface area contributed by atoms with E-state index in [4.69, 9.17) is 18.9 Å². The molecule has 0 spiro atoms.